The first kappa shape index (κ1) is 13.7. The molecule has 0 saturated carbocycles. The van der Waals surface area contributed by atoms with Gasteiger partial charge in [-0.3, -0.25) is 9.59 Å². The summed E-state index contributed by atoms with van der Waals surface area (Å²) in [5.41, 5.74) is 0.345. The molecule has 0 bridgehead atoms. The molecule has 1 N–H and O–H groups in total. The van der Waals surface area contributed by atoms with Gasteiger partial charge in [-0.05, 0) is 20.8 Å². The van der Waals surface area contributed by atoms with Crippen LogP contribution in [-0.2, 0) is 9.59 Å². The Labute approximate surface area is 91.3 Å². The first-order valence-electron chi connectivity index (χ1n) is 5.17. The number of hydrogen-bond donors (Lipinski definition) is 1. The molecule has 0 aliphatic heterocycles. The summed E-state index contributed by atoms with van der Waals surface area (Å²) in [5, 5.41) is 2.58. The van der Waals surface area contributed by atoms with Crippen molar-refractivity contribution in [3.8, 4) is 0 Å². The number of likely N-dealkylation sites (N-methyl/N-ethyl adjacent to an activating group) is 1. The number of carbonyl (C=O) groups excluding carboxylic acids is 2. The molecule has 0 aromatic carbocycles. The van der Waals surface area contributed by atoms with Gasteiger partial charge in [0.05, 0.1) is 0 Å². The van der Waals surface area contributed by atoms with E-state index >= 15 is 0 Å². The quantitative estimate of drug-likeness (QED) is 0.714. The maximum Gasteiger partial charge on any atom is 0.269 e. The fourth-order valence-electron chi connectivity index (χ4n) is 0.912. The van der Waals surface area contributed by atoms with Gasteiger partial charge in [0, 0.05) is 19.5 Å². The maximum absolute atomic E-state index is 11.8. The normalized spacial score (nSPS) is 11.5. The van der Waals surface area contributed by atoms with E-state index in [1.54, 1.807) is 31.9 Å². The van der Waals surface area contributed by atoms with Crippen molar-refractivity contribution < 1.29 is 9.59 Å². The fraction of sp³-hybridized carbons (Fsp3) is 0.636. The zero-order chi connectivity index (χ0) is 12.0. The fourth-order valence-corrected chi connectivity index (χ4v) is 0.912. The van der Waals surface area contributed by atoms with E-state index in [1.165, 1.54) is 0 Å². The first-order valence-corrected chi connectivity index (χ1v) is 5.17. The number of nitrogens with zero attached hydrogens (tertiary/aromatic N) is 1. The third-order valence-corrected chi connectivity index (χ3v) is 2.21. The number of rotatable bonds is 4. The number of nitrogens with one attached hydrogen (secondary N) is 1. The molecular weight excluding hydrogens is 192 g/mol. The largest absolute Gasteiger partial charge is 0.338 e. The minimum atomic E-state index is -0.158. The van der Waals surface area contributed by atoms with E-state index < -0.39 is 0 Å². The number of allylic oxidation sites excluding steroid dienone is 1. The lowest BCUT2D eigenvalue weighted by Crippen LogP contribution is -2.39. The minimum absolute atomic E-state index is 0.117. The Balaban J connectivity index is 4.57. The second-order valence-electron chi connectivity index (χ2n) is 3.61. The van der Waals surface area contributed by atoms with Gasteiger partial charge in [-0.25, -0.2) is 0 Å². The molecule has 0 fully saturated rings. The third-order valence-electron chi connectivity index (χ3n) is 2.21. The van der Waals surface area contributed by atoms with Gasteiger partial charge in [-0.2, -0.15) is 0 Å². The van der Waals surface area contributed by atoms with Crippen molar-refractivity contribution in [3.05, 3.63) is 11.8 Å². The van der Waals surface area contributed by atoms with E-state index in [0.717, 1.165) is 0 Å². The lowest BCUT2D eigenvalue weighted by Gasteiger charge is -2.22. The van der Waals surface area contributed by atoms with E-state index in [0.29, 0.717) is 12.1 Å². The molecule has 0 unspecified atom stereocenters. The highest BCUT2D eigenvalue weighted by Gasteiger charge is 2.17. The summed E-state index contributed by atoms with van der Waals surface area (Å²) in [4.78, 5) is 24.6. The molecule has 0 heterocycles. The molecule has 2 amide bonds. The number of carbonyl (C=O) groups is 2. The molecule has 0 aromatic rings. The average Bonchev–Trinajstić information content (AvgIpc) is 2.23. The third kappa shape index (κ3) is 4.14. The van der Waals surface area contributed by atoms with Crippen LogP contribution < -0.4 is 5.32 Å². The van der Waals surface area contributed by atoms with Gasteiger partial charge in [-0.1, -0.05) is 13.0 Å². The second-order valence-corrected chi connectivity index (χ2v) is 3.61. The van der Waals surface area contributed by atoms with Crippen molar-refractivity contribution in [3.63, 3.8) is 0 Å². The van der Waals surface area contributed by atoms with Crippen LogP contribution in [0.4, 0.5) is 0 Å². The van der Waals surface area contributed by atoms with Crippen LogP contribution in [0.25, 0.3) is 0 Å². The van der Waals surface area contributed by atoms with Crippen molar-refractivity contribution in [1.82, 2.24) is 10.2 Å². The number of hydrogen-bond acceptors (Lipinski definition) is 2. The summed E-state index contributed by atoms with van der Waals surface area (Å²) < 4.78 is 0. The van der Waals surface area contributed by atoms with Crippen LogP contribution in [-0.4, -0.2) is 29.8 Å². The van der Waals surface area contributed by atoms with Gasteiger partial charge >= 0.3 is 0 Å². The van der Waals surface area contributed by atoms with Gasteiger partial charge in [0.15, 0.2) is 0 Å². The van der Waals surface area contributed by atoms with E-state index in [1.807, 2.05) is 13.8 Å². The van der Waals surface area contributed by atoms with Gasteiger partial charge in [0.2, 0.25) is 5.91 Å². The monoisotopic (exact) mass is 212 g/mol. The SMILES string of the molecule is C/C=C(/NC(=O)CC)C(=O)N(C)C(C)C. The molecule has 4 nitrogen and oxygen atoms in total. The highest BCUT2D eigenvalue weighted by atomic mass is 16.2. The Bertz CT molecular complexity index is 270. The van der Waals surface area contributed by atoms with Crippen molar-refractivity contribution in [2.24, 2.45) is 0 Å². The Morgan fingerprint density at radius 2 is 1.93 bits per heavy atom. The van der Waals surface area contributed by atoms with E-state index in [-0.39, 0.29) is 17.9 Å². The van der Waals surface area contributed by atoms with Crippen molar-refractivity contribution in [1.29, 1.82) is 0 Å². The van der Waals surface area contributed by atoms with E-state index in [4.69, 9.17) is 0 Å². The first-order chi connectivity index (χ1) is 6.93. The van der Waals surface area contributed by atoms with Crippen LogP contribution in [0.3, 0.4) is 0 Å². The predicted octanol–water partition coefficient (Wildman–Crippen LogP) is 1.28. The molecule has 0 saturated heterocycles. The predicted molar refractivity (Wildman–Crippen MR) is 60.1 cm³/mol. The summed E-state index contributed by atoms with van der Waals surface area (Å²) in [5.74, 6) is -0.303. The van der Waals surface area contributed by atoms with Gasteiger partial charge in [0.1, 0.15) is 5.70 Å². The van der Waals surface area contributed by atoms with Crippen LogP contribution in [0.5, 0.6) is 0 Å². The highest BCUT2D eigenvalue weighted by Crippen LogP contribution is 2.01. The summed E-state index contributed by atoms with van der Waals surface area (Å²) in [6.07, 6.45) is 1.99. The van der Waals surface area contributed by atoms with Gasteiger partial charge in [0.25, 0.3) is 5.91 Å². The molecule has 0 radical (unpaired) electrons. The molecule has 0 atom stereocenters. The van der Waals surface area contributed by atoms with Crippen LogP contribution in [0, 0.1) is 0 Å². The molecule has 0 aromatic heterocycles. The van der Waals surface area contributed by atoms with Crippen LogP contribution in [0.15, 0.2) is 11.8 Å². The van der Waals surface area contributed by atoms with Crippen LogP contribution >= 0.6 is 0 Å². The molecule has 4 heteroatoms. The highest BCUT2D eigenvalue weighted by molar-refractivity contribution is 5.97. The molecule has 0 aliphatic rings. The summed E-state index contributed by atoms with van der Waals surface area (Å²) >= 11 is 0. The summed E-state index contributed by atoms with van der Waals surface area (Å²) in [7, 11) is 1.72. The molecule has 0 aliphatic carbocycles. The Kier molecular flexibility index (Phi) is 5.67. The summed E-state index contributed by atoms with van der Waals surface area (Å²) in [6, 6.07) is 0.117. The topological polar surface area (TPSA) is 49.4 Å². The molecule has 0 spiro atoms. The standard InChI is InChI=1S/C11H20N2O2/c1-6-9(12-10(14)7-2)11(15)13(5)8(3)4/h6,8H,7H2,1-5H3,(H,12,14)/b9-6+. The van der Waals surface area contributed by atoms with Gasteiger partial charge in [-0.15, -0.1) is 0 Å². The Hall–Kier alpha value is -1.32. The lowest BCUT2D eigenvalue weighted by molar-refractivity contribution is -0.129. The molecule has 15 heavy (non-hydrogen) atoms. The smallest absolute Gasteiger partial charge is 0.269 e. The summed E-state index contributed by atoms with van der Waals surface area (Å²) in [6.45, 7) is 7.33. The number of amides is 2. The van der Waals surface area contributed by atoms with Crippen molar-refractivity contribution >= 4 is 11.8 Å². The lowest BCUT2D eigenvalue weighted by atomic mass is 10.2. The zero-order valence-electron chi connectivity index (χ0n) is 10.1. The molecule has 0 rings (SSSR count). The van der Waals surface area contributed by atoms with E-state index in [2.05, 4.69) is 5.32 Å². The zero-order valence-corrected chi connectivity index (χ0v) is 10.1. The molecule has 86 valence electrons. The van der Waals surface area contributed by atoms with E-state index in [9.17, 15) is 9.59 Å². The Morgan fingerprint density at radius 1 is 1.40 bits per heavy atom. The maximum atomic E-state index is 11.8. The average molecular weight is 212 g/mol. The van der Waals surface area contributed by atoms with Crippen molar-refractivity contribution in [2.45, 2.75) is 40.2 Å². The van der Waals surface area contributed by atoms with Crippen LogP contribution in [0.1, 0.15) is 34.1 Å². The minimum Gasteiger partial charge on any atom is -0.338 e. The van der Waals surface area contributed by atoms with Crippen LogP contribution in [0.2, 0.25) is 0 Å². The second kappa shape index (κ2) is 6.22. The van der Waals surface area contributed by atoms with Gasteiger partial charge < -0.3 is 10.2 Å². The van der Waals surface area contributed by atoms with Crippen molar-refractivity contribution in [2.75, 3.05) is 7.05 Å². The Morgan fingerprint density at radius 3 is 2.27 bits per heavy atom. The molecular formula is C11H20N2O2.